The van der Waals surface area contributed by atoms with E-state index >= 15 is 4.39 Å². The van der Waals surface area contributed by atoms with Crippen LogP contribution < -0.4 is 4.74 Å². The molecule has 4 heterocycles. The number of hydrogen-bond acceptors (Lipinski definition) is 7. The number of para-hydroxylation sites is 2. The van der Waals surface area contributed by atoms with Crippen LogP contribution in [0.3, 0.4) is 0 Å². The van der Waals surface area contributed by atoms with E-state index in [-0.39, 0.29) is 24.9 Å². The number of furan rings is 1. The minimum atomic E-state index is -0.422. The third-order valence-corrected chi connectivity index (χ3v) is 8.71. The summed E-state index contributed by atoms with van der Waals surface area (Å²) in [5.74, 6) is 0.339. The minimum absolute atomic E-state index is 0.0485. The second kappa shape index (κ2) is 12.0. The van der Waals surface area contributed by atoms with Gasteiger partial charge in [-0.2, -0.15) is 0 Å². The zero-order valence-corrected chi connectivity index (χ0v) is 25.6. The molecule has 234 valence electrons. The molecular weight excluding hydrogens is 597 g/mol. The van der Waals surface area contributed by atoms with Gasteiger partial charge in [-0.25, -0.2) is 19.2 Å². The van der Waals surface area contributed by atoms with Crippen molar-refractivity contribution in [3.63, 3.8) is 0 Å². The van der Waals surface area contributed by atoms with Crippen molar-refractivity contribution >= 4 is 38.9 Å². The first-order valence-corrected chi connectivity index (χ1v) is 15.5. The van der Waals surface area contributed by atoms with E-state index in [4.69, 9.17) is 23.6 Å². The van der Waals surface area contributed by atoms with E-state index in [1.54, 1.807) is 30.3 Å². The van der Waals surface area contributed by atoms with Gasteiger partial charge in [-0.05, 0) is 48.4 Å². The highest BCUT2D eigenvalue weighted by Crippen LogP contribution is 2.32. The average molecular weight is 628 g/mol. The second-order valence-corrected chi connectivity index (χ2v) is 11.6. The molecule has 47 heavy (non-hydrogen) atoms. The Bertz CT molecular complexity index is 2290. The van der Waals surface area contributed by atoms with E-state index in [9.17, 15) is 4.79 Å². The van der Waals surface area contributed by atoms with Gasteiger partial charge in [0.15, 0.2) is 0 Å². The van der Waals surface area contributed by atoms with E-state index in [2.05, 4.69) is 4.98 Å². The Labute approximate surface area is 269 Å². The number of methoxy groups -OCH3 is 1. The van der Waals surface area contributed by atoms with Crippen LogP contribution in [0.1, 0.15) is 33.7 Å². The number of halogens is 1. The molecule has 9 heteroatoms. The van der Waals surface area contributed by atoms with Gasteiger partial charge >= 0.3 is 5.97 Å². The Balaban J connectivity index is 1.03. The predicted octanol–water partition coefficient (Wildman–Crippen LogP) is 7.88. The summed E-state index contributed by atoms with van der Waals surface area (Å²) in [6.07, 6.45) is 1.25. The summed E-state index contributed by atoms with van der Waals surface area (Å²) >= 11 is 0. The molecule has 1 atom stereocenters. The van der Waals surface area contributed by atoms with Gasteiger partial charge in [-0.3, -0.25) is 0 Å². The summed E-state index contributed by atoms with van der Waals surface area (Å²) in [4.78, 5) is 21.7. The molecule has 1 saturated heterocycles. The van der Waals surface area contributed by atoms with Crippen molar-refractivity contribution in [2.45, 2.75) is 32.1 Å². The number of benzene rings is 4. The maximum atomic E-state index is 15.7. The van der Waals surface area contributed by atoms with Gasteiger partial charge in [0, 0.05) is 41.0 Å². The molecule has 3 aromatic heterocycles. The fourth-order valence-corrected chi connectivity index (χ4v) is 6.14. The molecule has 1 fully saturated rings. The Morgan fingerprint density at radius 3 is 2.62 bits per heavy atom. The second-order valence-electron chi connectivity index (χ2n) is 11.6. The number of aromatic nitrogens is 3. The summed E-state index contributed by atoms with van der Waals surface area (Å²) in [5.41, 5.74) is 6.21. The number of hydrogen-bond donors (Lipinski definition) is 0. The van der Waals surface area contributed by atoms with Crippen LogP contribution >= 0.6 is 0 Å². The third-order valence-electron chi connectivity index (χ3n) is 8.71. The number of imidazole rings is 1. The molecule has 4 aromatic carbocycles. The van der Waals surface area contributed by atoms with Crippen molar-refractivity contribution in [1.82, 2.24) is 14.5 Å². The topological polar surface area (TPSA) is 88.6 Å². The fourth-order valence-electron chi connectivity index (χ4n) is 6.14. The minimum Gasteiger partial charge on any atom is -0.473 e. The Morgan fingerprint density at radius 1 is 0.936 bits per heavy atom. The van der Waals surface area contributed by atoms with Gasteiger partial charge in [0.05, 0.1) is 42.0 Å². The Kier molecular flexibility index (Phi) is 7.38. The normalized spacial score (nSPS) is 14.5. The third kappa shape index (κ3) is 5.48. The van der Waals surface area contributed by atoms with Crippen molar-refractivity contribution in [2.75, 3.05) is 13.7 Å². The molecule has 0 aliphatic carbocycles. The first kappa shape index (κ1) is 28.9. The van der Waals surface area contributed by atoms with Gasteiger partial charge in [-0.1, -0.05) is 54.6 Å². The molecule has 8 rings (SSSR count). The smallest absolute Gasteiger partial charge is 0.337 e. The monoisotopic (exact) mass is 627 g/mol. The maximum Gasteiger partial charge on any atom is 0.337 e. The summed E-state index contributed by atoms with van der Waals surface area (Å²) < 4.78 is 40.5. The van der Waals surface area contributed by atoms with Gasteiger partial charge in [-0.15, -0.1) is 0 Å². The van der Waals surface area contributed by atoms with Crippen LogP contribution in [0.25, 0.3) is 44.2 Å². The predicted molar refractivity (Wildman–Crippen MR) is 176 cm³/mol. The molecule has 1 aliphatic rings. The van der Waals surface area contributed by atoms with E-state index in [0.29, 0.717) is 47.2 Å². The van der Waals surface area contributed by atoms with Crippen molar-refractivity contribution in [2.24, 2.45) is 0 Å². The number of nitrogens with zero attached hydrogens (tertiary/aromatic N) is 3. The zero-order chi connectivity index (χ0) is 31.9. The SMILES string of the molecule is COC(=O)c1ccc2nc(Cc3ccc(-c4cccc(OCc5cccc6c5oc5ccccc56)n4)cc3F)n(C[C@@H]3CCO3)c2c1. The molecule has 8 nitrogen and oxygen atoms in total. The lowest BCUT2D eigenvalue weighted by Crippen LogP contribution is -2.31. The van der Waals surface area contributed by atoms with Crippen LogP contribution in [0.15, 0.2) is 101 Å². The van der Waals surface area contributed by atoms with E-state index in [1.807, 2.05) is 65.2 Å². The van der Waals surface area contributed by atoms with Gasteiger partial charge < -0.3 is 23.2 Å². The van der Waals surface area contributed by atoms with Crippen LogP contribution in [-0.2, 0) is 29.0 Å². The Hall–Kier alpha value is -5.54. The first-order chi connectivity index (χ1) is 23.0. The van der Waals surface area contributed by atoms with Crippen molar-refractivity contribution in [1.29, 1.82) is 0 Å². The van der Waals surface area contributed by atoms with Crippen LogP contribution in [0.5, 0.6) is 5.88 Å². The number of ether oxygens (including phenoxy) is 3. The van der Waals surface area contributed by atoms with Crippen molar-refractivity contribution < 1.29 is 27.8 Å². The van der Waals surface area contributed by atoms with E-state index < -0.39 is 5.97 Å². The summed E-state index contributed by atoms with van der Waals surface area (Å²) in [5, 5.41) is 2.10. The highest BCUT2D eigenvalue weighted by atomic mass is 19.1. The standard InChI is InChI=1S/C38H30FN3O5/c1-44-38(43)25-14-15-32-33(19-25)42(21-27-16-17-45-27)35(40-32)20-23-12-13-24(18-30(23)39)31-9-5-11-36(41-31)46-22-26-6-4-8-29-28-7-2-3-10-34(28)47-37(26)29/h2-15,18-19,27H,16-17,20-22H2,1H3/t27-/m0/s1. The van der Waals surface area contributed by atoms with Gasteiger partial charge in [0.2, 0.25) is 5.88 Å². The first-order valence-electron chi connectivity index (χ1n) is 15.5. The molecule has 0 amide bonds. The number of esters is 1. The molecule has 1 aliphatic heterocycles. The molecular formula is C38H30FN3O5. The number of carbonyl (C=O) groups excluding carboxylic acids is 1. The molecule has 0 unspecified atom stereocenters. The highest BCUT2D eigenvalue weighted by molar-refractivity contribution is 6.05. The molecule has 0 bridgehead atoms. The van der Waals surface area contributed by atoms with Crippen LogP contribution in [0.2, 0.25) is 0 Å². The zero-order valence-electron chi connectivity index (χ0n) is 25.6. The fraction of sp³-hybridized carbons (Fsp3) is 0.184. The lowest BCUT2D eigenvalue weighted by Gasteiger charge is -2.27. The maximum absolute atomic E-state index is 15.7. The molecule has 0 N–H and O–H groups in total. The van der Waals surface area contributed by atoms with Crippen LogP contribution in [0.4, 0.5) is 4.39 Å². The molecule has 0 saturated carbocycles. The lowest BCUT2D eigenvalue weighted by atomic mass is 10.1. The molecule has 0 spiro atoms. The van der Waals surface area contributed by atoms with Crippen molar-refractivity contribution in [3.05, 3.63) is 125 Å². The van der Waals surface area contributed by atoms with Crippen LogP contribution in [-0.4, -0.2) is 40.3 Å². The largest absolute Gasteiger partial charge is 0.473 e. The lowest BCUT2D eigenvalue weighted by molar-refractivity contribution is -0.0589. The number of pyridine rings is 1. The summed E-state index contributed by atoms with van der Waals surface area (Å²) in [6, 6.07) is 29.8. The Morgan fingerprint density at radius 2 is 1.79 bits per heavy atom. The highest BCUT2D eigenvalue weighted by Gasteiger charge is 2.23. The number of rotatable bonds is 9. The van der Waals surface area contributed by atoms with Gasteiger partial charge in [0.25, 0.3) is 0 Å². The van der Waals surface area contributed by atoms with Crippen molar-refractivity contribution in [3.8, 4) is 17.1 Å². The summed E-state index contributed by atoms with van der Waals surface area (Å²) in [6.45, 7) is 1.56. The number of carbonyl (C=O) groups is 1. The van der Waals surface area contributed by atoms with E-state index in [1.165, 1.54) is 13.2 Å². The van der Waals surface area contributed by atoms with Gasteiger partial charge in [0.1, 0.15) is 29.4 Å². The number of fused-ring (bicyclic) bond motifs is 4. The van der Waals surface area contributed by atoms with Crippen LogP contribution in [0, 0.1) is 5.82 Å². The van der Waals surface area contributed by atoms with E-state index in [0.717, 1.165) is 45.0 Å². The summed E-state index contributed by atoms with van der Waals surface area (Å²) in [7, 11) is 1.35. The molecule has 7 aromatic rings. The molecule has 0 radical (unpaired) electrons. The quantitative estimate of drug-likeness (QED) is 0.150. The average Bonchev–Trinajstić information content (AvgIpc) is 3.63.